The maximum atomic E-state index is 12.7. The van der Waals surface area contributed by atoms with Gasteiger partial charge in [-0.3, -0.25) is 9.78 Å². The molecule has 4 rings (SSSR count). The third kappa shape index (κ3) is 4.56. The van der Waals surface area contributed by atoms with Crippen molar-refractivity contribution in [3.63, 3.8) is 0 Å². The lowest BCUT2D eigenvalue weighted by Crippen LogP contribution is -2.21. The molecule has 1 aromatic carbocycles. The van der Waals surface area contributed by atoms with Gasteiger partial charge in [0.15, 0.2) is 0 Å². The van der Waals surface area contributed by atoms with Crippen molar-refractivity contribution in [2.24, 2.45) is 7.05 Å². The van der Waals surface area contributed by atoms with E-state index in [0.717, 1.165) is 21.5 Å². The lowest BCUT2D eigenvalue weighted by Gasteiger charge is -2.07. The number of aliphatic carboxylic acids is 1. The number of hydrogen-bond acceptors (Lipinski definition) is 6. The van der Waals surface area contributed by atoms with Gasteiger partial charge in [-0.05, 0) is 18.2 Å². The van der Waals surface area contributed by atoms with Crippen molar-refractivity contribution in [3.05, 3.63) is 64.5 Å². The number of hydrogen-bond donors (Lipinski definition) is 2. The van der Waals surface area contributed by atoms with Gasteiger partial charge in [-0.2, -0.15) is 18.3 Å². The number of pyridine rings is 1. The summed E-state index contributed by atoms with van der Waals surface area (Å²) in [4.78, 5) is 25.6. The van der Waals surface area contributed by atoms with Gasteiger partial charge in [0.25, 0.3) is 5.56 Å². The number of carboxylic acids is 1. The molecule has 0 fully saturated rings. The van der Waals surface area contributed by atoms with Crippen LogP contribution in [0.25, 0.3) is 32.5 Å². The normalized spacial score (nSPS) is 11.1. The number of thiophene rings is 1. The van der Waals surface area contributed by atoms with E-state index in [9.17, 15) is 23.1 Å². The SMILES string of the molecule is Cn1nc(-c2ccncc2)c2scc(-c3ccccc3O)c2c1=O.O=C(O)C(F)(F)F. The van der Waals surface area contributed by atoms with Crippen LogP contribution in [0, 0.1) is 0 Å². The van der Waals surface area contributed by atoms with Gasteiger partial charge in [0, 0.05) is 41.5 Å². The second kappa shape index (κ2) is 8.56. The maximum absolute atomic E-state index is 12.7. The molecule has 0 saturated carbocycles. The minimum Gasteiger partial charge on any atom is -0.507 e. The Labute approximate surface area is 176 Å². The second-order valence-corrected chi connectivity index (χ2v) is 7.07. The van der Waals surface area contributed by atoms with Crippen LogP contribution in [-0.4, -0.2) is 37.1 Å². The first-order chi connectivity index (χ1) is 14.6. The van der Waals surface area contributed by atoms with Crippen LogP contribution >= 0.6 is 11.3 Å². The molecule has 4 aromatic rings. The van der Waals surface area contributed by atoms with Crippen LogP contribution < -0.4 is 5.56 Å². The second-order valence-electron chi connectivity index (χ2n) is 6.19. The lowest BCUT2D eigenvalue weighted by molar-refractivity contribution is -0.192. The number of carbonyl (C=O) groups is 1. The summed E-state index contributed by atoms with van der Waals surface area (Å²) >= 11 is 1.45. The minimum atomic E-state index is -5.08. The quantitative estimate of drug-likeness (QED) is 0.478. The monoisotopic (exact) mass is 449 g/mol. The number of phenols is 1. The van der Waals surface area contributed by atoms with E-state index < -0.39 is 12.1 Å². The van der Waals surface area contributed by atoms with Crippen LogP contribution in [0.4, 0.5) is 13.2 Å². The third-order valence-corrected chi connectivity index (χ3v) is 5.14. The zero-order chi connectivity index (χ0) is 22.8. The van der Waals surface area contributed by atoms with Crippen LogP contribution in [0.15, 0.2) is 59.0 Å². The summed E-state index contributed by atoms with van der Waals surface area (Å²) in [6, 6.07) is 10.8. The predicted octanol–water partition coefficient (Wildman–Crippen LogP) is 4.06. The molecule has 7 nitrogen and oxygen atoms in total. The molecule has 11 heteroatoms. The van der Waals surface area contributed by atoms with Crippen molar-refractivity contribution in [2.45, 2.75) is 6.18 Å². The molecule has 31 heavy (non-hydrogen) atoms. The number of fused-ring (bicyclic) bond motifs is 1. The summed E-state index contributed by atoms with van der Waals surface area (Å²) in [6.07, 6.45) is -1.68. The Balaban J connectivity index is 0.000000339. The summed E-state index contributed by atoms with van der Waals surface area (Å²) in [5.41, 5.74) is 2.83. The van der Waals surface area contributed by atoms with Crippen LogP contribution in [0.2, 0.25) is 0 Å². The first-order valence-corrected chi connectivity index (χ1v) is 9.46. The van der Waals surface area contributed by atoms with E-state index in [2.05, 4.69) is 10.1 Å². The molecule has 3 heterocycles. The Bertz CT molecular complexity index is 1300. The third-order valence-electron chi connectivity index (χ3n) is 4.15. The van der Waals surface area contributed by atoms with Crippen molar-refractivity contribution < 1.29 is 28.2 Å². The largest absolute Gasteiger partial charge is 0.507 e. The van der Waals surface area contributed by atoms with E-state index in [0.29, 0.717) is 10.9 Å². The molecule has 0 spiro atoms. The highest BCUT2D eigenvalue weighted by molar-refractivity contribution is 7.18. The maximum Gasteiger partial charge on any atom is 0.490 e. The Hall–Kier alpha value is -3.73. The lowest BCUT2D eigenvalue weighted by atomic mass is 10.0. The number of rotatable bonds is 2. The van der Waals surface area contributed by atoms with Gasteiger partial charge in [-0.15, -0.1) is 11.3 Å². The fraction of sp³-hybridized carbons (Fsp3) is 0.100. The van der Waals surface area contributed by atoms with Gasteiger partial charge < -0.3 is 10.2 Å². The average molecular weight is 449 g/mol. The topological polar surface area (TPSA) is 105 Å². The summed E-state index contributed by atoms with van der Waals surface area (Å²) in [7, 11) is 1.64. The first-order valence-electron chi connectivity index (χ1n) is 8.58. The molecule has 3 aromatic heterocycles. The molecule has 0 bridgehead atoms. The number of aromatic nitrogens is 3. The molecule has 0 amide bonds. The zero-order valence-electron chi connectivity index (χ0n) is 15.8. The van der Waals surface area contributed by atoms with E-state index in [1.54, 1.807) is 31.6 Å². The summed E-state index contributed by atoms with van der Waals surface area (Å²) in [5, 5.41) is 24.2. The van der Waals surface area contributed by atoms with Gasteiger partial charge >= 0.3 is 12.1 Å². The van der Waals surface area contributed by atoms with E-state index in [1.807, 2.05) is 29.6 Å². The van der Waals surface area contributed by atoms with Crippen molar-refractivity contribution >= 4 is 27.4 Å². The number of aromatic hydroxyl groups is 1. The molecule has 0 atom stereocenters. The minimum absolute atomic E-state index is 0.154. The van der Waals surface area contributed by atoms with Crippen molar-refractivity contribution in [1.29, 1.82) is 0 Å². The van der Waals surface area contributed by atoms with E-state index in [-0.39, 0.29) is 11.3 Å². The van der Waals surface area contributed by atoms with Crippen LogP contribution in [0.3, 0.4) is 0 Å². The van der Waals surface area contributed by atoms with Crippen LogP contribution in [0.1, 0.15) is 0 Å². The summed E-state index contributed by atoms with van der Waals surface area (Å²) in [6.45, 7) is 0. The van der Waals surface area contributed by atoms with Gasteiger partial charge in [0.2, 0.25) is 0 Å². The van der Waals surface area contributed by atoms with E-state index in [1.165, 1.54) is 16.0 Å². The number of carboxylic acid groups (broad SMARTS) is 1. The van der Waals surface area contributed by atoms with Crippen molar-refractivity contribution in [3.8, 4) is 28.1 Å². The number of nitrogens with zero attached hydrogens (tertiary/aromatic N) is 3. The average Bonchev–Trinajstić information content (AvgIpc) is 3.16. The fourth-order valence-corrected chi connectivity index (χ4v) is 3.81. The molecular formula is C20H14F3N3O4S. The molecule has 0 saturated heterocycles. The van der Waals surface area contributed by atoms with Crippen LogP contribution in [0.5, 0.6) is 5.75 Å². The molecule has 0 aliphatic carbocycles. The number of para-hydroxylation sites is 1. The summed E-state index contributed by atoms with van der Waals surface area (Å²) < 4.78 is 33.9. The van der Waals surface area contributed by atoms with E-state index in [4.69, 9.17) is 9.90 Å². The predicted molar refractivity (Wildman–Crippen MR) is 109 cm³/mol. The molecule has 0 aliphatic heterocycles. The number of halogens is 3. The highest BCUT2D eigenvalue weighted by Gasteiger charge is 2.38. The van der Waals surface area contributed by atoms with Gasteiger partial charge in [-0.1, -0.05) is 18.2 Å². The summed E-state index contributed by atoms with van der Waals surface area (Å²) in [5.74, 6) is -2.60. The molecule has 0 radical (unpaired) electrons. The van der Waals surface area contributed by atoms with E-state index >= 15 is 0 Å². The highest BCUT2D eigenvalue weighted by Crippen LogP contribution is 2.39. The van der Waals surface area contributed by atoms with Crippen molar-refractivity contribution in [2.75, 3.05) is 0 Å². The first kappa shape index (κ1) is 22.0. The number of benzene rings is 1. The molecule has 0 aliphatic rings. The molecular weight excluding hydrogens is 435 g/mol. The van der Waals surface area contributed by atoms with Gasteiger partial charge in [-0.25, -0.2) is 9.48 Å². The number of aryl methyl sites for hydroxylation is 1. The Kier molecular flexibility index (Phi) is 6.07. The van der Waals surface area contributed by atoms with Gasteiger partial charge in [0.05, 0.1) is 10.1 Å². The highest BCUT2D eigenvalue weighted by atomic mass is 32.1. The van der Waals surface area contributed by atoms with Crippen LogP contribution in [-0.2, 0) is 11.8 Å². The Morgan fingerprint density at radius 1 is 1.10 bits per heavy atom. The van der Waals surface area contributed by atoms with Gasteiger partial charge in [0.1, 0.15) is 11.4 Å². The Morgan fingerprint density at radius 3 is 2.29 bits per heavy atom. The smallest absolute Gasteiger partial charge is 0.490 e. The fourth-order valence-electron chi connectivity index (χ4n) is 2.75. The Morgan fingerprint density at radius 2 is 1.71 bits per heavy atom. The van der Waals surface area contributed by atoms with Crippen molar-refractivity contribution in [1.82, 2.24) is 14.8 Å². The molecule has 160 valence electrons. The standard InChI is InChI=1S/C18H13N3O2S.C2HF3O2/c1-21-18(23)15-13(12-4-2-3-5-14(12)22)10-24-17(15)16(20-21)11-6-8-19-9-7-11;3-2(4,5)1(6)7/h2-10,22H,1H3;(H,6,7). The number of alkyl halides is 3. The number of phenolic OH excluding ortho intramolecular Hbond substituents is 1. The molecule has 2 N–H and O–H groups in total. The molecule has 0 unspecified atom stereocenters. The zero-order valence-corrected chi connectivity index (χ0v) is 16.6.